The van der Waals surface area contributed by atoms with Gasteiger partial charge in [0.2, 0.25) is 0 Å². The van der Waals surface area contributed by atoms with Crippen molar-refractivity contribution in [2.45, 2.75) is 18.4 Å². The zero-order chi connectivity index (χ0) is 7.73. The fraction of sp³-hybridized carbons (Fsp3) is 0.750. The molecule has 0 aliphatic carbocycles. The first-order chi connectivity index (χ1) is 5.31. The topological polar surface area (TPSA) is 41.5 Å². The Kier molecular flexibility index (Phi) is 1.62. The minimum absolute atomic E-state index is 0.583. The van der Waals surface area contributed by atoms with Crippen molar-refractivity contribution in [3.8, 4) is 0 Å². The quantitative estimate of drug-likeness (QED) is 0.560. The molecule has 0 atom stereocenters. The molecule has 2 heterocycles. The number of aliphatic hydroxyl groups is 1. The van der Waals surface area contributed by atoms with Crippen LogP contribution in [0.3, 0.4) is 0 Å². The molecule has 62 valence electrons. The molecule has 0 bridgehead atoms. The average Bonchev–Trinajstić information content (AvgIpc) is 2.02. The number of nitrogens with one attached hydrogen (secondary N) is 1. The second-order valence-corrected chi connectivity index (χ2v) is 3.25. The molecule has 0 radical (unpaired) electrons. The normalized spacial score (nSPS) is 28.3. The maximum atomic E-state index is 9.82. The molecule has 11 heavy (non-hydrogen) atoms. The summed E-state index contributed by atoms with van der Waals surface area (Å²) in [5.41, 5.74) is 0.475. The summed E-state index contributed by atoms with van der Waals surface area (Å²) in [6.45, 7) is 2.16. The maximum absolute atomic E-state index is 9.82. The van der Waals surface area contributed by atoms with Gasteiger partial charge in [-0.2, -0.15) is 0 Å². The van der Waals surface area contributed by atoms with Crippen molar-refractivity contribution in [2.24, 2.45) is 0 Å². The molecule has 1 fully saturated rings. The molecule has 2 aliphatic heterocycles. The van der Waals surface area contributed by atoms with Gasteiger partial charge in [-0.3, -0.25) is 0 Å². The van der Waals surface area contributed by atoms with E-state index in [0.717, 1.165) is 25.0 Å². The highest BCUT2D eigenvalue weighted by atomic mass is 16.5. The predicted molar refractivity (Wildman–Crippen MR) is 41.1 cm³/mol. The summed E-state index contributed by atoms with van der Waals surface area (Å²) < 4.78 is 5.15. The van der Waals surface area contributed by atoms with Crippen molar-refractivity contribution in [3.63, 3.8) is 0 Å². The van der Waals surface area contributed by atoms with E-state index in [1.807, 2.05) is 0 Å². The number of hydrogen-bond acceptors (Lipinski definition) is 3. The third-order valence-electron chi connectivity index (χ3n) is 2.37. The maximum Gasteiger partial charge on any atom is 0.114 e. The van der Waals surface area contributed by atoms with E-state index in [1.165, 1.54) is 0 Å². The number of ether oxygens (including phenoxy) is 1. The van der Waals surface area contributed by atoms with Gasteiger partial charge in [0.1, 0.15) is 5.60 Å². The largest absolute Gasteiger partial charge is 0.501 e. The average molecular weight is 155 g/mol. The van der Waals surface area contributed by atoms with Crippen molar-refractivity contribution in [2.75, 3.05) is 19.7 Å². The van der Waals surface area contributed by atoms with Crippen LogP contribution in [0.2, 0.25) is 0 Å². The third kappa shape index (κ3) is 1.14. The second kappa shape index (κ2) is 2.50. The Hall–Kier alpha value is -0.540. The number of hydrogen-bond donors (Lipinski definition) is 2. The van der Waals surface area contributed by atoms with Gasteiger partial charge in [-0.05, 0) is 18.4 Å². The highest BCUT2D eigenvalue weighted by Gasteiger charge is 2.38. The molecule has 3 heteroatoms. The molecule has 3 nitrogen and oxygen atoms in total. The smallest absolute Gasteiger partial charge is 0.114 e. The fourth-order valence-electron chi connectivity index (χ4n) is 1.50. The van der Waals surface area contributed by atoms with E-state index in [-0.39, 0.29) is 0 Å². The Morgan fingerprint density at radius 3 is 2.82 bits per heavy atom. The Morgan fingerprint density at radius 1 is 1.55 bits per heavy atom. The second-order valence-electron chi connectivity index (χ2n) is 3.25. The van der Waals surface area contributed by atoms with Gasteiger partial charge in [0.25, 0.3) is 0 Å². The van der Waals surface area contributed by atoms with Gasteiger partial charge in [0.05, 0.1) is 12.9 Å². The lowest BCUT2D eigenvalue weighted by Crippen LogP contribution is -2.60. The van der Waals surface area contributed by atoms with Crippen LogP contribution in [0.1, 0.15) is 12.8 Å². The van der Waals surface area contributed by atoms with Gasteiger partial charge in [-0.1, -0.05) is 0 Å². The van der Waals surface area contributed by atoms with Crippen LogP contribution in [0.15, 0.2) is 11.8 Å². The lowest BCUT2D eigenvalue weighted by atomic mass is 9.85. The Balaban J connectivity index is 2.07. The molecule has 0 aromatic rings. The van der Waals surface area contributed by atoms with E-state index in [0.29, 0.717) is 13.1 Å². The van der Waals surface area contributed by atoms with Crippen LogP contribution in [0.4, 0.5) is 0 Å². The molecular formula is C8H13NO2. The predicted octanol–water partition coefficient (Wildman–Crippen LogP) is 0.0150. The van der Waals surface area contributed by atoms with Gasteiger partial charge >= 0.3 is 0 Å². The third-order valence-corrected chi connectivity index (χ3v) is 2.37. The summed E-state index contributed by atoms with van der Waals surface area (Å²) in [6.07, 6.45) is 3.75. The summed E-state index contributed by atoms with van der Waals surface area (Å²) in [5.74, 6) is 0. The van der Waals surface area contributed by atoms with Crippen molar-refractivity contribution < 1.29 is 9.84 Å². The van der Waals surface area contributed by atoms with Crippen LogP contribution in [-0.2, 0) is 4.74 Å². The number of β-amino-alcohol motifs (C(OH)–C–C–N with tert-alkyl or cyclic N) is 1. The lowest BCUT2D eigenvalue weighted by molar-refractivity contribution is 0.0145. The van der Waals surface area contributed by atoms with Crippen molar-refractivity contribution in [3.05, 3.63) is 11.8 Å². The fourth-order valence-corrected chi connectivity index (χ4v) is 1.50. The summed E-state index contributed by atoms with van der Waals surface area (Å²) in [4.78, 5) is 0. The van der Waals surface area contributed by atoms with E-state index < -0.39 is 5.60 Å². The zero-order valence-electron chi connectivity index (χ0n) is 6.47. The molecule has 0 saturated carbocycles. The SMILES string of the molecule is OC1(C2=COCCC2)CNC1. The molecule has 0 aromatic carbocycles. The van der Waals surface area contributed by atoms with Gasteiger partial charge < -0.3 is 15.2 Å². The Morgan fingerprint density at radius 2 is 2.36 bits per heavy atom. The van der Waals surface area contributed by atoms with E-state index in [2.05, 4.69) is 5.32 Å². The first-order valence-electron chi connectivity index (χ1n) is 4.05. The van der Waals surface area contributed by atoms with E-state index in [4.69, 9.17) is 4.74 Å². The van der Waals surface area contributed by atoms with E-state index in [1.54, 1.807) is 6.26 Å². The van der Waals surface area contributed by atoms with Crippen LogP contribution < -0.4 is 5.32 Å². The Bertz CT molecular complexity index is 185. The lowest BCUT2D eigenvalue weighted by Gasteiger charge is -2.40. The number of rotatable bonds is 1. The Labute approximate surface area is 66.1 Å². The molecule has 2 aliphatic rings. The van der Waals surface area contributed by atoms with Gasteiger partial charge in [-0.15, -0.1) is 0 Å². The minimum Gasteiger partial charge on any atom is -0.501 e. The summed E-state index contributed by atoms with van der Waals surface area (Å²) in [5, 5.41) is 12.9. The van der Waals surface area contributed by atoms with Gasteiger partial charge in [0, 0.05) is 13.1 Å². The first-order valence-corrected chi connectivity index (χ1v) is 4.05. The standard InChI is InChI=1S/C8H13NO2/c10-8(5-9-6-8)7-2-1-3-11-4-7/h4,9-10H,1-3,5-6H2. The minimum atomic E-state index is -0.583. The van der Waals surface area contributed by atoms with E-state index >= 15 is 0 Å². The molecule has 0 unspecified atom stereocenters. The first kappa shape index (κ1) is 7.13. The van der Waals surface area contributed by atoms with Crippen LogP contribution in [0, 0.1) is 0 Å². The molecule has 0 spiro atoms. The van der Waals surface area contributed by atoms with Gasteiger partial charge in [0.15, 0.2) is 0 Å². The molecule has 2 N–H and O–H groups in total. The molecule has 0 amide bonds. The van der Waals surface area contributed by atoms with Crippen molar-refractivity contribution in [1.29, 1.82) is 0 Å². The summed E-state index contributed by atoms with van der Waals surface area (Å²) >= 11 is 0. The van der Waals surface area contributed by atoms with Crippen molar-refractivity contribution in [1.82, 2.24) is 5.32 Å². The monoisotopic (exact) mass is 155 g/mol. The molecule has 2 rings (SSSR count). The summed E-state index contributed by atoms with van der Waals surface area (Å²) in [6, 6.07) is 0. The molecule has 1 saturated heterocycles. The van der Waals surface area contributed by atoms with Crippen LogP contribution >= 0.6 is 0 Å². The highest BCUT2D eigenvalue weighted by Crippen LogP contribution is 2.27. The summed E-state index contributed by atoms with van der Waals surface area (Å²) in [7, 11) is 0. The van der Waals surface area contributed by atoms with Gasteiger partial charge in [-0.25, -0.2) is 0 Å². The van der Waals surface area contributed by atoms with Crippen LogP contribution in [0.25, 0.3) is 0 Å². The molecular weight excluding hydrogens is 142 g/mol. The molecule has 0 aromatic heterocycles. The van der Waals surface area contributed by atoms with Crippen LogP contribution in [0.5, 0.6) is 0 Å². The van der Waals surface area contributed by atoms with Crippen LogP contribution in [-0.4, -0.2) is 30.4 Å². The highest BCUT2D eigenvalue weighted by molar-refractivity contribution is 5.21. The van der Waals surface area contributed by atoms with Crippen molar-refractivity contribution >= 4 is 0 Å². The zero-order valence-corrected chi connectivity index (χ0v) is 6.47. The van der Waals surface area contributed by atoms with E-state index in [9.17, 15) is 5.11 Å².